The normalized spacial score (nSPS) is 11.4. The Balaban J connectivity index is 1.70. The van der Waals surface area contributed by atoms with Crippen LogP contribution in [0.2, 0.25) is 0 Å². The number of sulfonamides is 1. The van der Waals surface area contributed by atoms with Gasteiger partial charge in [0.25, 0.3) is 15.9 Å². The molecule has 0 saturated heterocycles. The number of hydrogen-bond acceptors (Lipinski definition) is 7. The molecule has 0 fully saturated rings. The molecule has 154 valence electrons. The maximum Gasteiger partial charge on any atom is 0.269 e. The summed E-state index contributed by atoms with van der Waals surface area (Å²) in [6, 6.07) is 16.1. The Morgan fingerprint density at radius 3 is 2.60 bits per heavy atom. The molecule has 2 aromatic carbocycles. The number of nitrogens with zero attached hydrogens (tertiary/aromatic N) is 3. The van der Waals surface area contributed by atoms with Crippen LogP contribution in [0.25, 0.3) is 22.2 Å². The van der Waals surface area contributed by atoms with Gasteiger partial charge in [-0.3, -0.25) is 4.31 Å². The molecule has 2 aromatic heterocycles. The van der Waals surface area contributed by atoms with Gasteiger partial charge in [-0.15, -0.1) is 11.3 Å². The lowest BCUT2D eigenvalue weighted by Gasteiger charge is -2.19. The van der Waals surface area contributed by atoms with Crippen LogP contribution in [-0.4, -0.2) is 32.7 Å². The van der Waals surface area contributed by atoms with Crippen molar-refractivity contribution in [2.75, 3.05) is 18.5 Å². The number of rotatable bonds is 6. The quantitative estimate of drug-likeness (QED) is 0.434. The third-order valence-corrected chi connectivity index (χ3v) is 7.47. The summed E-state index contributed by atoms with van der Waals surface area (Å²) in [5.41, 5.74) is 2.40. The number of hydrogen-bond donors (Lipinski definition) is 0. The van der Waals surface area contributed by atoms with Crippen molar-refractivity contribution in [3.63, 3.8) is 0 Å². The molecule has 0 unspecified atom stereocenters. The SMILES string of the molecule is COc1cccc(N(C)S(=O)(=O)c2ccsc2-c2nc(-c3ccc(C)cc3)no2)c1. The van der Waals surface area contributed by atoms with Crippen LogP contribution in [0.4, 0.5) is 5.69 Å². The average Bonchev–Trinajstić information content (AvgIpc) is 3.43. The van der Waals surface area contributed by atoms with Crippen molar-refractivity contribution < 1.29 is 17.7 Å². The minimum Gasteiger partial charge on any atom is -0.497 e. The van der Waals surface area contributed by atoms with Gasteiger partial charge in [-0.1, -0.05) is 41.1 Å². The fraction of sp³-hybridized carbons (Fsp3) is 0.143. The highest BCUT2D eigenvalue weighted by Crippen LogP contribution is 2.36. The summed E-state index contributed by atoms with van der Waals surface area (Å²) in [7, 11) is -0.822. The van der Waals surface area contributed by atoms with Gasteiger partial charge in [-0.05, 0) is 30.5 Å². The number of methoxy groups -OCH3 is 1. The van der Waals surface area contributed by atoms with E-state index >= 15 is 0 Å². The molecule has 0 amide bonds. The lowest BCUT2D eigenvalue weighted by molar-refractivity contribution is 0.415. The van der Waals surface area contributed by atoms with E-state index in [-0.39, 0.29) is 10.8 Å². The third kappa shape index (κ3) is 3.69. The second-order valence-electron chi connectivity index (χ2n) is 6.58. The van der Waals surface area contributed by atoms with Gasteiger partial charge in [-0.25, -0.2) is 8.42 Å². The molecule has 0 radical (unpaired) electrons. The van der Waals surface area contributed by atoms with E-state index in [0.717, 1.165) is 11.1 Å². The van der Waals surface area contributed by atoms with Crippen LogP contribution in [0.5, 0.6) is 5.75 Å². The van der Waals surface area contributed by atoms with Crippen LogP contribution in [0.3, 0.4) is 0 Å². The van der Waals surface area contributed by atoms with Gasteiger partial charge in [0.2, 0.25) is 5.82 Å². The van der Waals surface area contributed by atoms with Crippen molar-refractivity contribution in [2.45, 2.75) is 11.8 Å². The van der Waals surface area contributed by atoms with Crippen LogP contribution in [0, 0.1) is 6.92 Å². The standard InChI is InChI=1S/C21H19N3O4S2/c1-14-7-9-15(10-8-14)20-22-21(28-23-20)19-18(11-12-29-19)30(25,26)24(2)16-5-4-6-17(13-16)27-3/h4-13H,1-3H3. The minimum atomic E-state index is -3.85. The number of benzene rings is 2. The van der Waals surface area contributed by atoms with Gasteiger partial charge in [0, 0.05) is 18.7 Å². The lowest BCUT2D eigenvalue weighted by atomic mass is 10.1. The van der Waals surface area contributed by atoms with Crippen LogP contribution in [0.15, 0.2) is 69.4 Å². The molecule has 0 aliphatic carbocycles. The number of aryl methyl sites for hydroxylation is 1. The van der Waals surface area contributed by atoms with Gasteiger partial charge in [0.05, 0.1) is 12.8 Å². The second-order valence-corrected chi connectivity index (χ2v) is 9.43. The Kier molecular flexibility index (Phi) is 5.31. The van der Waals surface area contributed by atoms with Gasteiger partial charge >= 0.3 is 0 Å². The van der Waals surface area contributed by atoms with E-state index in [4.69, 9.17) is 9.26 Å². The highest BCUT2D eigenvalue weighted by molar-refractivity contribution is 7.93. The molecule has 4 rings (SSSR count). The molecule has 0 aliphatic rings. The van der Waals surface area contributed by atoms with Crippen molar-refractivity contribution in [1.82, 2.24) is 10.1 Å². The predicted octanol–water partition coefficient (Wildman–Crippen LogP) is 4.61. The summed E-state index contributed by atoms with van der Waals surface area (Å²) in [5, 5.41) is 5.71. The first-order valence-electron chi connectivity index (χ1n) is 9.02. The Bertz CT molecular complexity index is 1280. The van der Waals surface area contributed by atoms with E-state index in [9.17, 15) is 8.42 Å². The molecular formula is C21H19N3O4S2. The zero-order valence-corrected chi connectivity index (χ0v) is 18.2. The van der Waals surface area contributed by atoms with E-state index in [1.807, 2.05) is 31.2 Å². The van der Waals surface area contributed by atoms with Crippen molar-refractivity contribution >= 4 is 27.0 Å². The van der Waals surface area contributed by atoms with Crippen molar-refractivity contribution in [2.24, 2.45) is 0 Å². The molecule has 30 heavy (non-hydrogen) atoms. The summed E-state index contributed by atoms with van der Waals surface area (Å²) in [6.07, 6.45) is 0. The molecular weight excluding hydrogens is 422 g/mol. The number of thiophene rings is 1. The van der Waals surface area contributed by atoms with Gasteiger partial charge in [0.15, 0.2) is 0 Å². The smallest absolute Gasteiger partial charge is 0.269 e. The fourth-order valence-electron chi connectivity index (χ4n) is 2.88. The largest absolute Gasteiger partial charge is 0.497 e. The molecule has 0 saturated carbocycles. The first kappa shape index (κ1) is 20.1. The minimum absolute atomic E-state index is 0.108. The van der Waals surface area contributed by atoms with Crippen molar-refractivity contribution in [1.29, 1.82) is 0 Å². The molecule has 0 N–H and O–H groups in total. The van der Waals surface area contributed by atoms with Crippen LogP contribution < -0.4 is 9.04 Å². The van der Waals surface area contributed by atoms with Crippen LogP contribution >= 0.6 is 11.3 Å². The molecule has 0 aliphatic heterocycles. The highest BCUT2D eigenvalue weighted by Gasteiger charge is 2.28. The predicted molar refractivity (Wildman–Crippen MR) is 116 cm³/mol. The van der Waals surface area contributed by atoms with E-state index in [2.05, 4.69) is 10.1 Å². The molecule has 7 nitrogen and oxygen atoms in total. The number of aromatic nitrogens is 2. The highest BCUT2D eigenvalue weighted by atomic mass is 32.2. The van der Waals surface area contributed by atoms with E-state index in [1.54, 1.807) is 35.7 Å². The summed E-state index contributed by atoms with van der Waals surface area (Å²) < 4.78 is 38.4. The fourth-order valence-corrected chi connectivity index (χ4v) is 5.39. The Morgan fingerprint density at radius 2 is 1.87 bits per heavy atom. The number of anilines is 1. The van der Waals surface area contributed by atoms with E-state index in [1.165, 1.54) is 29.8 Å². The Morgan fingerprint density at radius 1 is 1.10 bits per heavy atom. The molecule has 4 aromatic rings. The van der Waals surface area contributed by atoms with E-state index in [0.29, 0.717) is 22.1 Å². The molecule has 0 spiro atoms. The third-order valence-electron chi connectivity index (χ3n) is 4.61. The van der Waals surface area contributed by atoms with Gasteiger partial charge in [0.1, 0.15) is 15.5 Å². The maximum absolute atomic E-state index is 13.3. The van der Waals surface area contributed by atoms with Gasteiger partial charge < -0.3 is 9.26 Å². The Labute approximate surface area is 178 Å². The molecule has 9 heteroatoms. The molecule has 0 atom stereocenters. The van der Waals surface area contributed by atoms with Crippen molar-refractivity contribution in [3.8, 4) is 27.9 Å². The lowest BCUT2D eigenvalue weighted by Crippen LogP contribution is -2.26. The summed E-state index contributed by atoms with van der Waals surface area (Å²) >= 11 is 1.23. The van der Waals surface area contributed by atoms with Crippen LogP contribution in [-0.2, 0) is 10.0 Å². The van der Waals surface area contributed by atoms with E-state index < -0.39 is 10.0 Å². The van der Waals surface area contributed by atoms with Gasteiger partial charge in [-0.2, -0.15) is 4.98 Å². The molecule has 2 heterocycles. The first-order valence-corrected chi connectivity index (χ1v) is 11.3. The maximum atomic E-state index is 13.3. The monoisotopic (exact) mass is 441 g/mol. The number of ether oxygens (including phenoxy) is 1. The zero-order chi connectivity index (χ0) is 21.3. The second kappa shape index (κ2) is 7.92. The summed E-state index contributed by atoms with van der Waals surface area (Å²) in [5.74, 6) is 1.14. The summed E-state index contributed by atoms with van der Waals surface area (Å²) in [6.45, 7) is 1.99. The van der Waals surface area contributed by atoms with Crippen molar-refractivity contribution in [3.05, 3.63) is 65.5 Å². The van der Waals surface area contributed by atoms with Crippen LogP contribution in [0.1, 0.15) is 5.56 Å². The average molecular weight is 442 g/mol. The summed E-state index contributed by atoms with van der Waals surface area (Å²) in [4.78, 5) is 4.92. The first-order chi connectivity index (χ1) is 14.4. The topological polar surface area (TPSA) is 85.5 Å². The zero-order valence-electron chi connectivity index (χ0n) is 16.6. The Hall–Kier alpha value is -3.17. The molecule has 0 bridgehead atoms.